The van der Waals surface area contributed by atoms with Gasteiger partial charge in [-0.25, -0.2) is 13.1 Å². The Kier molecular flexibility index (Phi) is 7.56. The highest BCUT2D eigenvalue weighted by Gasteiger charge is 2.24. The second kappa shape index (κ2) is 10.2. The zero-order valence-corrected chi connectivity index (χ0v) is 19.1. The minimum absolute atomic E-state index is 0.0281. The minimum Gasteiger partial charge on any atom is -0.496 e. The molecule has 1 aliphatic heterocycles. The smallest absolute Gasteiger partial charge is 0.257 e. The predicted molar refractivity (Wildman–Crippen MR) is 119 cm³/mol. The number of benzene rings is 2. The lowest BCUT2D eigenvalue weighted by Gasteiger charge is -2.27. The lowest BCUT2D eigenvalue weighted by atomic mass is 10.1. The SMILES string of the molecule is COc1ccc(S(=O)(=O)NCCOc2cccc(C)c2C)cc1C(=O)N1CCCCC1. The predicted octanol–water partition coefficient (Wildman–Crippen LogP) is 3.30. The molecule has 1 heterocycles. The molecule has 2 aromatic rings. The van der Waals surface area contributed by atoms with Gasteiger partial charge in [-0.1, -0.05) is 12.1 Å². The summed E-state index contributed by atoms with van der Waals surface area (Å²) in [5.41, 5.74) is 2.41. The summed E-state index contributed by atoms with van der Waals surface area (Å²) in [6, 6.07) is 10.1. The third-order valence-corrected chi connectivity index (χ3v) is 7.02. The summed E-state index contributed by atoms with van der Waals surface area (Å²) in [5, 5.41) is 0. The van der Waals surface area contributed by atoms with Gasteiger partial charge in [-0.05, 0) is 68.5 Å². The fourth-order valence-electron chi connectivity index (χ4n) is 3.59. The van der Waals surface area contributed by atoms with Crippen LogP contribution < -0.4 is 14.2 Å². The van der Waals surface area contributed by atoms with Crippen LogP contribution in [0.4, 0.5) is 0 Å². The fraction of sp³-hybridized carbons (Fsp3) is 0.435. The number of nitrogens with one attached hydrogen (secondary N) is 1. The van der Waals surface area contributed by atoms with Gasteiger partial charge in [0.05, 0.1) is 17.6 Å². The number of hydrogen-bond acceptors (Lipinski definition) is 5. The molecular formula is C23H30N2O5S. The molecule has 3 rings (SSSR count). The van der Waals surface area contributed by atoms with E-state index >= 15 is 0 Å². The summed E-state index contributed by atoms with van der Waals surface area (Å²) < 4.78 is 39.1. The topological polar surface area (TPSA) is 84.9 Å². The van der Waals surface area contributed by atoms with Crippen LogP contribution >= 0.6 is 0 Å². The van der Waals surface area contributed by atoms with Gasteiger partial charge in [-0.2, -0.15) is 0 Å². The quantitative estimate of drug-likeness (QED) is 0.629. The van der Waals surface area contributed by atoms with E-state index in [9.17, 15) is 13.2 Å². The molecule has 0 spiro atoms. The maximum atomic E-state index is 12.9. The lowest BCUT2D eigenvalue weighted by molar-refractivity contribution is 0.0720. The van der Waals surface area contributed by atoms with Gasteiger partial charge in [-0.15, -0.1) is 0 Å². The molecule has 0 bridgehead atoms. The number of likely N-dealkylation sites (tertiary alicyclic amines) is 1. The number of carbonyl (C=O) groups excluding carboxylic acids is 1. The second-order valence-electron chi connectivity index (χ2n) is 7.66. The van der Waals surface area contributed by atoms with Gasteiger partial charge >= 0.3 is 0 Å². The number of amides is 1. The summed E-state index contributed by atoms with van der Waals surface area (Å²) in [6.07, 6.45) is 3.01. The monoisotopic (exact) mass is 446 g/mol. The summed E-state index contributed by atoms with van der Waals surface area (Å²) in [5.74, 6) is 0.901. The molecule has 168 valence electrons. The Morgan fingerprint density at radius 1 is 1.06 bits per heavy atom. The van der Waals surface area contributed by atoms with E-state index < -0.39 is 10.0 Å². The van der Waals surface area contributed by atoms with Crippen molar-refractivity contribution in [1.29, 1.82) is 0 Å². The molecule has 1 fully saturated rings. The van der Waals surface area contributed by atoms with Crippen LogP contribution in [0.1, 0.15) is 40.7 Å². The molecule has 7 nitrogen and oxygen atoms in total. The van der Waals surface area contributed by atoms with Crippen LogP contribution in [0.5, 0.6) is 11.5 Å². The molecule has 1 N–H and O–H groups in total. The number of ether oxygens (including phenoxy) is 2. The number of methoxy groups -OCH3 is 1. The zero-order valence-electron chi connectivity index (χ0n) is 18.3. The molecule has 1 aliphatic rings. The molecule has 2 aromatic carbocycles. The van der Waals surface area contributed by atoms with E-state index in [1.54, 1.807) is 4.90 Å². The van der Waals surface area contributed by atoms with Crippen LogP contribution in [0.15, 0.2) is 41.3 Å². The Morgan fingerprint density at radius 2 is 1.81 bits per heavy atom. The van der Waals surface area contributed by atoms with Gasteiger partial charge in [-0.3, -0.25) is 4.79 Å². The molecule has 1 amide bonds. The van der Waals surface area contributed by atoms with Crippen LogP contribution in [0.3, 0.4) is 0 Å². The van der Waals surface area contributed by atoms with Gasteiger partial charge in [0.25, 0.3) is 5.91 Å². The number of aryl methyl sites for hydroxylation is 1. The van der Waals surface area contributed by atoms with E-state index in [0.717, 1.165) is 36.1 Å². The number of rotatable bonds is 8. The number of hydrogen-bond donors (Lipinski definition) is 1. The molecule has 0 aliphatic carbocycles. The first-order valence-corrected chi connectivity index (χ1v) is 12.0. The van der Waals surface area contributed by atoms with Gasteiger partial charge in [0.15, 0.2) is 0 Å². The number of piperidine rings is 1. The fourth-order valence-corrected chi connectivity index (χ4v) is 4.63. The van der Waals surface area contributed by atoms with E-state index in [-0.39, 0.29) is 29.5 Å². The maximum Gasteiger partial charge on any atom is 0.257 e. The summed E-state index contributed by atoms with van der Waals surface area (Å²) in [6.45, 7) is 5.61. The van der Waals surface area contributed by atoms with Crippen molar-refractivity contribution in [2.24, 2.45) is 0 Å². The first-order valence-electron chi connectivity index (χ1n) is 10.5. The summed E-state index contributed by atoms with van der Waals surface area (Å²) >= 11 is 0. The Morgan fingerprint density at radius 3 is 2.52 bits per heavy atom. The minimum atomic E-state index is -3.80. The van der Waals surface area contributed by atoms with Gasteiger partial charge in [0.2, 0.25) is 10.0 Å². The molecular weight excluding hydrogens is 416 g/mol. The third-order valence-electron chi connectivity index (χ3n) is 5.56. The van der Waals surface area contributed by atoms with Crippen LogP contribution in [-0.2, 0) is 10.0 Å². The van der Waals surface area contributed by atoms with Crippen molar-refractivity contribution in [2.75, 3.05) is 33.4 Å². The highest BCUT2D eigenvalue weighted by molar-refractivity contribution is 7.89. The van der Waals surface area contributed by atoms with Gasteiger partial charge in [0.1, 0.15) is 18.1 Å². The highest BCUT2D eigenvalue weighted by atomic mass is 32.2. The van der Waals surface area contributed by atoms with Crippen LogP contribution in [-0.4, -0.2) is 52.6 Å². The zero-order chi connectivity index (χ0) is 22.4. The van der Waals surface area contributed by atoms with Crippen LogP contribution in [0, 0.1) is 13.8 Å². The average molecular weight is 447 g/mol. The van der Waals surface area contributed by atoms with Gasteiger partial charge < -0.3 is 14.4 Å². The average Bonchev–Trinajstić information content (AvgIpc) is 2.79. The standard InChI is InChI=1S/C23H30N2O5S/c1-17-8-7-9-21(18(17)2)30-15-12-24-31(27,28)19-10-11-22(29-3)20(16-19)23(26)25-13-5-4-6-14-25/h7-11,16,24H,4-6,12-15H2,1-3H3. The van der Waals surface area contributed by atoms with Crippen molar-refractivity contribution >= 4 is 15.9 Å². The Bertz CT molecular complexity index is 1030. The lowest BCUT2D eigenvalue weighted by Crippen LogP contribution is -2.36. The Balaban J connectivity index is 1.68. The van der Waals surface area contributed by atoms with Crippen molar-refractivity contribution in [2.45, 2.75) is 38.0 Å². The van der Waals surface area contributed by atoms with Crippen molar-refractivity contribution < 1.29 is 22.7 Å². The Labute approximate surface area is 184 Å². The summed E-state index contributed by atoms with van der Waals surface area (Å²) in [4.78, 5) is 14.7. The maximum absolute atomic E-state index is 12.9. The molecule has 0 aromatic heterocycles. The number of nitrogens with zero attached hydrogens (tertiary/aromatic N) is 1. The first kappa shape index (κ1) is 23.1. The van der Waals surface area contributed by atoms with Crippen molar-refractivity contribution in [3.63, 3.8) is 0 Å². The Hall–Kier alpha value is -2.58. The molecule has 0 radical (unpaired) electrons. The largest absolute Gasteiger partial charge is 0.496 e. The second-order valence-corrected chi connectivity index (χ2v) is 9.43. The van der Waals surface area contributed by atoms with Crippen molar-refractivity contribution in [3.8, 4) is 11.5 Å². The van der Waals surface area contributed by atoms with E-state index in [1.807, 2.05) is 32.0 Å². The first-order chi connectivity index (χ1) is 14.8. The third kappa shape index (κ3) is 5.57. The molecule has 1 saturated heterocycles. The van der Waals surface area contributed by atoms with E-state index in [0.29, 0.717) is 18.8 Å². The molecule has 8 heteroatoms. The van der Waals surface area contributed by atoms with E-state index in [2.05, 4.69) is 4.72 Å². The molecule has 0 unspecified atom stereocenters. The molecule has 0 atom stereocenters. The highest BCUT2D eigenvalue weighted by Crippen LogP contribution is 2.25. The molecule has 0 saturated carbocycles. The van der Waals surface area contributed by atoms with Crippen molar-refractivity contribution in [3.05, 3.63) is 53.1 Å². The van der Waals surface area contributed by atoms with Crippen LogP contribution in [0.2, 0.25) is 0 Å². The van der Waals surface area contributed by atoms with E-state index in [4.69, 9.17) is 9.47 Å². The van der Waals surface area contributed by atoms with Crippen molar-refractivity contribution in [1.82, 2.24) is 9.62 Å². The number of sulfonamides is 1. The normalized spacial score (nSPS) is 14.4. The molecule has 31 heavy (non-hydrogen) atoms. The van der Waals surface area contributed by atoms with Gasteiger partial charge in [0, 0.05) is 19.6 Å². The van der Waals surface area contributed by atoms with E-state index in [1.165, 1.54) is 25.3 Å². The number of carbonyl (C=O) groups is 1. The summed E-state index contributed by atoms with van der Waals surface area (Å²) in [7, 11) is -2.33. The van der Waals surface area contributed by atoms with Crippen LogP contribution in [0.25, 0.3) is 0 Å².